The van der Waals surface area contributed by atoms with E-state index in [0.29, 0.717) is 12.1 Å². The number of carbonyl (C=O) groups excluding carboxylic acids is 3. The summed E-state index contributed by atoms with van der Waals surface area (Å²) in [5, 5.41) is 3.01. The molecule has 1 saturated heterocycles. The Morgan fingerprint density at radius 2 is 1.77 bits per heavy atom. The second-order valence-corrected chi connectivity index (χ2v) is 12.6. The smallest absolute Gasteiger partial charge is 0.264 e. The van der Waals surface area contributed by atoms with Gasteiger partial charge in [0.1, 0.15) is 6.04 Å². The number of nitrogens with two attached hydrogens (primary N) is 1. The number of rotatable bonds is 11. The SMILES string of the molecule is CC[C@H](C)[C@H](NC(=O)[C@H]1CCCCN1C)C(=O)N(C)[C@H](/C=C(\C)C(=O)NS(=O)(=O)c1ccc(N)cc1)C(C)C. The molecule has 0 saturated carbocycles. The molecule has 1 aromatic rings. The van der Waals surface area contributed by atoms with Gasteiger partial charge in [0.25, 0.3) is 15.9 Å². The monoisotopic (exact) mass is 563 g/mol. The summed E-state index contributed by atoms with van der Waals surface area (Å²) < 4.78 is 27.4. The van der Waals surface area contributed by atoms with Crippen LogP contribution < -0.4 is 15.8 Å². The van der Waals surface area contributed by atoms with E-state index in [1.165, 1.54) is 36.1 Å². The summed E-state index contributed by atoms with van der Waals surface area (Å²) in [6, 6.07) is 4.02. The van der Waals surface area contributed by atoms with Crippen molar-refractivity contribution in [3.05, 3.63) is 35.9 Å². The molecule has 0 radical (unpaired) electrons. The lowest BCUT2D eigenvalue weighted by Crippen LogP contribution is -2.57. The number of anilines is 1. The van der Waals surface area contributed by atoms with E-state index in [1.807, 2.05) is 39.6 Å². The highest BCUT2D eigenvalue weighted by Crippen LogP contribution is 2.20. The van der Waals surface area contributed by atoms with Crippen molar-refractivity contribution >= 4 is 33.4 Å². The first-order valence-corrected chi connectivity index (χ1v) is 15.1. The van der Waals surface area contributed by atoms with E-state index < -0.39 is 28.0 Å². The van der Waals surface area contributed by atoms with Crippen LogP contribution in [-0.2, 0) is 24.4 Å². The van der Waals surface area contributed by atoms with Gasteiger partial charge in [-0.2, -0.15) is 0 Å². The van der Waals surface area contributed by atoms with Crippen molar-refractivity contribution in [1.82, 2.24) is 19.8 Å². The number of hydrogen-bond donors (Lipinski definition) is 3. The summed E-state index contributed by atoms with van der Waals surface area (Å²) in [6.45, 7) is 10.1. The molecule has 0 spiro atoms. The number of amides is 3. The van der Waals surface area contributed by atoms with Crippen molar-refractivity contribution in [2.24, 2.45) is 11.8 Å². The zero-order valence-electron chi connectivity index (χ0n) is 24.2. The first kappa shape index (κ1) is 32.3. The molecule has 0 aliphatic carbocycles. The maximum absolute atomic E-state index is 13.7. The van der Waals surface area contributed by atoms with Crippen molar-refractivity contribution in [2.45, 2.75) is 83.3 Å². The number of likely N-dealkylation sites (tertiary alicyclic amines) is 1. The van der Waals surface area contributed by atoms with Crippen molar-refractivity contribution < 1.29 is 22.8 Å². The fourth-order valence-corrected chi connectivity index (χ4v) is 5.71. The van der Waals surface area contributed by atoms with E-state index in [9.17, 15) is 22.8 Å². The molecule has 1 fully saturated rings. The van der Waals surface area contributed by atoms with Gasteiger partial charge < -0.3 is 16.0 Å². The van der Waals surface area contributed by atoms with Crippen LogP contribution in [0.3, 0.4) is 0 Å². The Morgan fingerprint density at radius 1 is 1.15 bits per heavy atom. The van der Waals surface area contributed by atoms with E-state index in [2.05, 4.69) is 10.0 Å². The second-order valence-electron chi connectivity index (χ2n) is 10.9. The van der Waals surface area contributed by atoms with Gasteiger partial charge >= 0.3 is 0 Å². The van der Waals surface area contributed by atoms with Crippen LogP contribution >= 0.6 is 0 Å². The minimum absolute atomic E-state index is 0.0821. The summed E-state index contributed by atoms with van der Waals surface area (Å²) in [5.41, 5.74) is 6.18. The fraction of sp³-hybridized carbons (Fsp3) is 0.607. The van der Waals surface area contributed by atoms with Crippen molar-refractivity contribution in [1.29, 1.82) is 0 Å². The summed E-state index contributed by atoms with van der Waals surface area (Å²) in [7, 11) is -0.525. The zero-order valence-corrected chi connectivity index (χ0v) is 25.0. The lowest BCUT2D eigenvalue weighted by Gasteiger charge is -2.36. The Morgan fingerprint density at radius 3 is 2.31 bits per heavy atom. The van der Waals surface area contributed by atoms with Crippen molar-refractivity contribution in [3.63, 3.8) is 0 Å². The molecule has 0 unspecified atom stereocenters. The van der Waals surface area contributed by atoms with Crippen LogP contribution in [0.5, 0.6) is 0 Å². The largest absolute Gasteiger partial charge is 0.399 e. The molecule has 3 amide bonds. The van der Waals surface area contributed by atoms with Crippen LogP contribution in [-0.4, -0.2) is 74.7 Å². The summed E-state index contributed by atoms with van der Waals surface area (Å²) in [5.74, 6) is -1.39. The lowest BCUT2D eigenvalue weighted by atomic mass is 9.94. The summed E-state index contributed by atoms with van der Waals surface area (Å²) in [4.78, 5) is 43.2. The Balaban J connectivity index is 2.23. The highest BCUT2D eigenvalue weighted by atomic mass is 32.2. The molecule has 1 aromatic carbocycles. The van der Waals surface area contributed by atoms with E-state index in [-0.39, 0.29) is 40.2 Å². The minimum Gasteiger partial charge on any atom is -0.399 e. The van der Waals surface area contributed by atoms with Crippen molar-refractivity contribution in [2.75, 3.05) is 26.4 Å². The third-order valence-corrected chi connectivity index (χ3v) is 8.87. The van der Waals surface area contributed by atoms with Gasteiger partial charge in [0.2, 0.25) is 11.8 Å². The molecule has 4 N–H and O–H groups in total. The van der Waals surface area contributed by atoms with Gasteiger partial charge in [0.05, 0.1) is 17.0 Å². The molecule has 218 valence electrons. The molecular weight excluding hydrogens is 518 g/mol. The van der Waals surface area contributed by atoms with Crippen LogP contribution in [0.25, 0.3) is 0 Å². The molecule has 1 aliphatic rings. The van der Waals surface area contributed by atoms with E-state index >= 15 is 0 Å². The molecule has 0 aromatic heterocycles. The number of benzene rings is 1. The number of hydrogen-bond acceptors (Lipinski definition) is 7. The summed E-state index contributed by atoms with van der Waals surface area (Å²) in [6.07, 6.45) is 5.07. The third kappa shape index (κ3) is 8.53. The molecule has 11 heteroatoms. The third-order valence-electron chi connectivity index (χ3n) is 7.52. The number of nitrogens with one attached hydrogen (secondary N) is 2. The second kappa shape index (κ2) is 13.9. The predicted molar refractivity (Wildman–Crippen MR) is 153 cm³/mol. The van der Waals surface area contributed by atoms with Gasteiger partial charge in [-0.25, -0.2) is 13.1 Å². The number of nitrogen functional groups attached to an aromatic ring is 1. The first-order chi connectivity index (χ1) is 18.2. The number of likely N-dealkylation sites (N-methyl/N-ethyl adjacent to an activating group) is 2. The average Bonchev–Trinajstić information content (AvgIpc) is 2.88. The van der Waals surface area contributed by atoms with Gasteiger partial charge in [-0.15, -0.1) is 0 Å². The Labute approximate surface area is 233 Å². The normalized spacial score (nSPS) is 19.2. The van der Waals surface area contributed by atoms with E-state index in [0.717, 1.165) is 25.8 Å². The highest BCUT2D eigenvalue weighted by molar-refractivity contribution is 7.90. The van der Waals surface area contributed by atoms with Crippen LogP contribution in [0.1, 0.15) is 60.3 Å². The number of piperidine rings is 1. The van der Waals surface area contributed by atoms with Crippen LogP contribution in [0.4, 0.5) is 5.69 Å². The average molecular weight is 564 g/mol. The van der Waals surface area contributed by atoms with Crippen LogP contribution in [0.15, 0.2) is 40.8 Å². The molecule has 10 nitrogen and oxygen atoms in total. The standard InChI is InChI=1S/C28H45N5O5S/c1-8-19(4)25(30-27(35)23-11-9-10-16-32(23)6)28(36)33(7)24(18(2)3)17-20(5)26(34)31-39(37,38)22-14-12-21(29)13-15-22/h12-15,17-19,23-25H,8-11,16,29H2,1-7H3,(H,30,35)(H,31,34)/b20-17+/t19-,23+,24+,25-/m0/s1. The predicted octanol–water partition coefficient (Wildman–Crippen LogP) is 2.52. The summed E-state index contributed by atoms with van der Waals surface area (Å²) >= 11 is 0. The molecule has 4 atom stereocenters. The quantitative estimate of drug-likeness (QED) is 0.277. The topological polar surface area (TPSA) is 142 Å². The Bertz CT molecular complexity index is 1150. The maximum Gasteiger partial charge on any atom is 0.264 e. The lowest BCUT2D eigenvalue weighted by molar-refractivity contribution is -0.140. The van der Waals surface area contributed by atoms with Crippen LogP contribution in [0, 0.1) is 11.8 Å². The van der Waals surface area contributed by atoms with Gasteiger partial charge in [-0.3, -0.25) is 19.3 Å². The Hall–Kier alpha value is -2.92. The van der Waals surface area contributed by atoms with Gasteiger partial charge in [0.15, 0.2) is 0 Å². The zero-order chi connectivity index (χ0) is 29.5. The molecule has 1 aliphatic heterocycles. The maximum atomic E-state index is 13.7. The van der Waals surface area contributed by atoms with E-state index in [4.69, 9.17) is 5.73 Å². The van der Waals surface area contributed by atoms with E-state index in [1.54, 1.807) is 13.1 Å². The fourth-order valence-electron chi connectivity index (χ4n) is 4.70. The first-order valence-electron chi connectivity index (χ1n) is 13.6. The molecule has 1 heterocycles. The number of nitrogens with zero attached hydrogens (tertiary/aromatic N) is 2. The minimum atomic E-state index is -4.10. The molecule has 39 heavy (non-hydrogen) atoms. The van der Waals surface area contributed by atoms with Gasteiger partial charge in [-0.1, -0.05) is 46.6 Å². The van der Waals surface area contributed by atoms with Gasteiger partial charge in [0, 0.05) is 18.3 Å². The molecule has 2 rings (SSSR count). The molecule has 0 bridgehead atoms. The van der Waals surface area contributed by atoms with Crippen molar-refractivity contribution in [3.8, 4) is 0 Å². The Kier molecular flexibility index (Phi) is 11.5. The number of carbonyl (C=O) groups is 3. The van der Waals surface area contributed by atoms with Crippen LogP contribution in [0.2, 0.25) is 0 Å². The highest BCUT2D eigenvalue weighted by Gasteiger charge is 2.35. The molecular formula is C28H45N5O5S. The van der Waals surface area contributed by atoms with Gasteiger partial charge in [-0.05, 0) is 69.5 Å². The number of sulfonamides is 1.